The zero-order valence-electron chi connectivity index (χ0n) is 17.4. The molecule has 3 amide bonds. The van der Waals surface area contributed by atoms with Crippen molar-refractivity contribution in [2.45, 2.75) is 39.3 Å². The maximum Gasteiger partial charge on any atom is 0.259 e. The average molecular weight is 416 g/mol. The molecule has 1 saturated heterocycles. The third-order valence-corrected chi connectivity index (χ3v) is 5.41. The summed E-state index contributed by atoms with van der Waals surface area (Å²) in [6, 6.07) is 17.2. The third kappa shape index (κ3) is 4.55. The van der Waals surface area contributed by atoms with Crippen LogP contribution < -0.4 is 5.32 Å². The van der Waals surface area contributed by atoms with Crippen molar-refractivity contribution in [1.82, 2.24) is 14.7 Å². The van der Waals surface area contributed by atoms with Crippen molar-refractivity contribution in [2.75, 3.05) is 5.32 Å². The number of nitrogens with one attached hydrogen (secondary N) is 1. The Hall–Kier alpha value is -3.74. The summed E-state index contributed by atoms with van der Waals surface area (Å²) in [5.74, 6) is -0.488. The molecule has 2 heterocycles. The van der Waals surface area contributed by atoms with E-state index in [2.05, 4.69) is 10.4 Å². The maximum atomic E-state index is 12.8. The summed E-state index contributed by atoms with van der Waals surface area (Å²) in [5, 5.41) is 7.33. The smallest absolute Gasteiger partial charge is 0.259 e. The highest BCUT2D eigenvalue weighted by Crippen LogP contribution is 2.19. The van der Waals surface area contributed by atoms with Gasteiger partial charge in [-0.05, 0) is 29.7 Å². The molecule has 2 aromatic carbocycles. The number of rotatable bonds is 7. The molecule has 7 nitrogen and oxygen atoms in total. The van der Waals surface area contributed by atoms with Gasteiger partial charge in [-0.25, -0.2) is 0 Å². The molecule has 4 rings (SSSR count). The highest BCUT2D eigenvalue weighted by Gasteiger charge is 2.28. The quantitative estimate of drug-likeness (QED) is 0.599. The van der Waals surface area contributed by atoms with Gasteiger partial charge in [0.1, 0.15) is 0 Å². The average Bonchev–Trinajstić information content (AvgIpc) is 3.33. The molecule has 7 heteroatoms. The summed E-state index contributed by atoms with van der Waals surface area (Å²) >= 11 is 0. The van der Waals surface area contributed by atoms with Crippen LogP contribution in [0.1, 0.15) is 46.9 Å². The van der Waals surface area contributed by atoms with Gasteiger partial charge in [-0.2, -0.15) is 5.10 Å². The van der Waals surface area contributed by atoms with Crippen LogP contribution >= 0.6 is 0 Å². The van der Waals surface area contributed by atoms with Crippen molar-refractivity contribution in [3.63, 3.8) is 0 Å². The Kier molecular flexibility index (Phi) is 5.93. The Morgan fingerprint density at radius 3 is 2.23 bits per heavy atom. The molecule has 1 aliphatic rings. The monoisotopic (exact) mass is 416 g/mol. The van der Waals surface area contributed by atoms with Crippen LogP contribution in [0.4, 0.5) is 5.69 Å². The van der Waals surface area contributed by atoms with Crippen LogP contribution in [-0.4, -0.2) is 32.4 Å². The molecule has 0 spiro atoms. The van der Waals surface area contributed by atoms with E-state index < -0.39 is 0 Å². The molecule has 1 aliphatic heterocycles. The summed E-state index contributed by atoms with van der Waals surface area (Å²) in [7, 11) is 0. The fourth-order valence-electron chi connectivity index (χ4n) is 3.74. The van der Waals surface area contributed by atoms with Gasteiger partial charge in [-0.3, -0.25) is 24.0 Å². The topological polar surface area (TPSA) is 84.3 Å². The molecule has 0 saturated carbocycles. The summed E-state index contributed by atoms with van der Waals surface area (Å²) < 4.78 is 1.86. The molecule has 31 heavy (non-hydrogen) atoms. The molecule has 1 fully saturated rings. The number of aromatic nitrogens is 2. The Morgan fingerprint density at radius 2 is 1.58 bits per heavy atom. The minimum Gasteiger partial charge on any atom is -0.322 e. The van der Waals surface area contributed by atoms with Gasteiger partial charge in [0.25, 0.3) is 5.91 Å². The van der Waals surface area contributed by atoms with Gasteiger partial charge >= 0.3 is 0 Å². The predicted octanol–water partition coefficient (Wildman–Crippen LogP) is 3.40. The molecule has 0 atom stereocenters. The van der Waals surface area contributed by atoms with Crippen molar-refractivity contribution in [3.05, 3.63) is 83.2 Å². The zero-order valence-corrected chi connectivity index (χ0v) is 17.4. The molecular weight excluding hydrogens is 392 g/mol. The van der Waals surface area contributed by atoms with Crippen molar-refractivity contribution < 1.29 is 14.4 Å². The molecule has 0 aliphatic carbocycles. The largest absolute Gasteiger partial charge is 0.322 e. The van der Waals surface area contributed by atoms with Crippen molar-refractivity contribution >= 4 is 23.4 Å². The second-order valence-electron chi connectivity index (χ2n) is 7.53. The first-order valence-corrected chi connectivity index (χ1v) is 10.4. The second kappa shape index (κ2) is 8.95. The van der Waals surface area contributed by atoms with Crippen LogP contribution in [0.2, 0.25) is 0 Å². The van der Waals surface area contributed by atoms with Crippen molar-refractivity contribution in [3.8, 4) is 0 Å². The molecule has 0 bridgehead atoms. The lowest BCUT2D eigenvalue weighted by atomic mass is 10.1. The molecule has 3 aromatic rings. The van der Waals surface area contributed by atoms with Crippen LogP contribution in [0.15, 0.2) is 60.8 Å². The van der Waals surface area contributed by atoms with E-state index in [4.69, 9.17) is 0 Å². The van der Waals surface area contributed by atoms with E-state index in [1.165, 1.54) is 4.90 Å². The number of benzene rings is 2. The highest BCUT2D eigenvalue weighted by atomic mass is 16.2. The fourth-order valence-corrected chi connectivity index (χ4v) is 3.74. The number of imide groups is 1. The lowest BCUT2D eigenvalue weighted by molar-refractivity contribution is -0.139. The lowest BCUT2D eigenvalue weighted by Gasteiger charge is -2.14. The minimum absolute atomic E-state index is 0.137. The number of carbonyl (C=O) groups is 3. The second-order valence-corrected chi connectivity index (χ2v) is 7.53. The molecular formula is C24H24N4O3. The van der Waals surface area contributed by atoms with E-state index in [0.717, 1.165) is 16.8 Å². The van der Waals surface area contributed by atoms with Crippen LogP contribution in [0.5, 0.6) is 0 Å². The van der Waals surface area contributed by atoms with Crippen LogP contribution in [0.3, 0.4) is 0 Å². The van der Waals surface area contributed by atoms with E-state index in [-0.39, 0.29) is 37.1 Å². The van der Waals surface area contributed by atoms with E-state index >= 15 is 0 Å². The van der Waals surface area contributed by atoms with Gasteiger partial charge in [0.05, 0.1) is 30.5 Å². The van der Waals surface area contributed by atoms with E-state index in [9.17, 15) is 14.4 Å². The Labute approximate surface area is 180 Å². The molecule has 0 unspecified atom stereocenters. The number of hydrogen-bond donors (Lipinski definition) is 1. The lowest BCUT2D eigenvalue weighted by Crippen LogP contribution is -2.28. The standard InChI is InChI=1S/C24H24N4O3/c1-2-21-20(14-25-28(21)16-17-6-4-3-5-7-17)24(31)26-19-10-8-18(9-11-19)15-27-22(29)12-13-23(27)30/h3-11,14H,2,12-13,15-16H2,1H3,(H,26,31). The first-order chi connectivity index (χ1) is 15.0. The Bertz CT molecular complexity index is 1090. The van der Waals surface area contributed by atoms with Gasteiger partial charge in [0.15, 0.2) is 0 Å². The Morgan fingerprint density at radius 1 is 0.935 bits per heavy atom. The number of likely N-dealkylation sites (tertiary alicyclic amines) is 1. The van der Waals surface area contributed by atoms with Gasteiger partial charge in [0.2, 0.25) is 11.8 Å². The van der Waals surface area contributed by atoms with E-state index in [1.807, 2.05) is 54.1 Å². The Balaban J connectivity index is 1.43. The van der Waals surface area contributed by atoms with Crippen LogP contribution in [-0.2, 0) is 29.1 Å². The third-order valence-electron chi connectivity index (χ3n) is 5.41. The summed E-state index contributed by atoms with van der Waals surface area (Å²) in [5.41, 5.74) is 4.04. The van der Waals surface area contributed by atoms with Gasteiger partial charge < -0.3 is 5.32 Å². The summed E-state index contributed by atoms with van der Waals surface area (Å²) in [6.45, 7) is 2.88. The first kappa shape index (κ1) is 20.5. The number of hydrogen-bond acceptors (Lipinski definition) is 4. The van der Waals surface area contributed by atoms with E-state index in [0.29, 0.717) is 24.2 Å². The van der Waals surface area contributed by atoms with E-state index in [1.54, 1.807) is 18.3 Å². The predicted molar refractivity (Wildman–Crippen MR) is 116 cm³/mol. The highest BCUT2D eigenvalue weighted by molar-refractivity contribution is 6.05. The van der Waals surface area contributed by atoms with Gasteiger partial charge in [0, 0.05) is 18.5 Å². The fraction of sp³-hybridized carbons (Fsp3) is 0.250. The molecule has 158 valence electrons. The van der Waals surface area contributed by atoms with Crippen molar-refractivity contribution in [2.24, 2.45) is 0 Å². The number of anilines is 1. The van der Waals surface area contributed by atoms with Gasteiger partial charge in [-0.1, -0.05) is 49.4 Å². The number of carbonyl (C=O) groups excluding carboxylic acids is 3. The first-order valence-electron chi connectivity index (χ1n) is 10.4. The maximum absolute atomic E-state index is 12.8. The van der Waals surface area contributed by atoms with Crippen molar-refractivity contribution in [1.29, 1.82) is 0 Å². The number of amides is 3. The zero-order chi connectivity index (χ0) is 21.8. The molecule has 1 aromatic heterocycles. The number of nitrogens with zero attached hydrogens (tertiary/aromatic N) is 3. The normalized spacial score (nSPS) is 13.6. The van der Waals surface area contributed by atoms with Crippen LogP contribution in [0, 0.1) is 0 Å². The van der Waals surface area contributed by atoms with Crippen LogP contribution in [0.25, 0.3) is 0 Å². The minimum atomic E-state index is -0.214. The summed E-state index contributed by atoms with van der Waals surface area (Å²) in [4.78, 5) is 37.7. The molecule has 1 N–H and O–H groups in total. The van der Waals surface area contributed by atoms with Gasteiger partial charge in [-0.15, -0.1) is 0 Å². The summed E-state index contributed by atoms with van der Waals surface area (Å²) in [6.07, 6.45) is 2.86. The SMILES string of the molecule is CCc1c(C(=O)Nc2ccc(CN3C(=O)CCC3=O)cc2)cnn1Cc1ccccc1. The molecule has 0 radical (unpaired) electrons.